The first-order valence-electron chi connectivity index (χ1n) is 6.74. The van der Waals surface area contributed by atoms with Gasteiger partial charge in [-0.25, -0.2) is 0 Å². The molecule has 0 aliphatic carbocycles. The summed E-state index contributed by atoms with van der Waals surface area (Å²) in [5.74, 6) is 0. The fraction of sp³-hybridized carbons (Fsp3) is 0.0526. The van der Waals surface area contributed by atoms with E-state index < -0.39 is 0 Å². The highest BCUT2D eigenvalue weighted by Gasteiger charge is 2.11. The molecule has 0 unspecified atom stereocenters. The van der Waals surface area contributed by atoms with Gasteiger partial charge < -0.3 is 0 Å². The van der Waals surface area contributed by atoms with Gasteiger partial charge in [-0.2, -0.15) is 0 Å². The fourth-order valence-corrected chi connectivity index (χ4v) is 2.49. The van der Waals surface area contributed by atoms with Gasteiger partial charge in [0.2, 0.25) is 0 Å². The molecule has 0 atom stereocenters. The molecule has 0 aromatic heterocycles. The zero-order valence-electron chi connectivity index (χ0n) is 11.5. The van der Waals surface area contributed by atoms with Crippen LogP contribution < -0.4 is 5.32 Å². The van der Waals surface area contributed by atoms with Crippen LogP contribution in [0.3, 0.4) is 0 Å². The molecule has 0 bridgehead atoms. The molecule has 0 fully saturated rings. The molecule has 0 N–H and O–H groups in total. The van der Waals surface area contributed by atoms with Crippen molar-refractivity contribution in [3.05, 3.63) is 78.9 Å². The third-order valence-electron chi connectivity index (χ3n) is 3.43. The van der Waals surface area contributed by atoms with E-state index in [1.807, 2.05) is 19.2 Å². The average molecular weight is 258 g/mol. The van der Waals surface area contributed by atoms with Crippen LogP contribution in [-0.4, -0.2) is 7.05 Å². The molecule has 3 aromatic rings. The van der Waals surface area contributed by atoms with Crippen molar-refractivity contribution in [3.8, 4) is 22.3 Å². The molecule has 1 radical (unpaired) electrons. The summed E-state index contributed by atoms with van der Waals surface area (Å²) < 4.78 is 0. The summed E-state index contributed by atoms with van der Waals surface area (Å²) in [4.78, 5) is 0. The lowest BCUT2D eigenvalue weighted by molar-refractivity contribution is 1.09. The van der Waals surface area contributed by atoms with Crippen molar-refractivity contribution in [2.45, 2.75) is 0 Å². The van der Waals surface area contributed by atoms with Crippen molar-refractivity contribution in [1.82, 2.24) is 5.32 Å². The Kier molecular flexibility index (Phi) is 3.51. The van der Waals surface area contributed by atoms with E-state index in [1.165, 1.54) is 22.3 Å². The van der Waals surface area contributed by atoms with Gasteiger partial charge >= 0.3 is 0 Å². The molecule has 1 heteroatoms. The first-order chi connectivity index (χ1) is 9.90. The third-order valence-corrected chi connectivity index (χ3v) is 3.43. The Labute approximate surface area is 119 Å². The quantitative estimate of drug-likeness (QED) is 0.635. The zero-order chi connectivity index (χ0) is 13.8. The Morgan fingerprint density at radius 2 is 1.20 bits per heavy atom. The Hall–Kier alpha value is -2.54. The van der Waals surface area contributed by atoms with Crippen molar-refractivity contribution in [2.24, 2.45) is 0 Å². The summed E-state index contributed by atoms with van der Waals surface area (Å²) >= 11 is 0. The first-order valence-corrected chi connectivity index (χ1v) is 6.74. The van der Waals surface area contributed by atoms with Gasteiger partial charge in [0.25, 0.3) is 0 Å². The van der Waals surface area contributed by atoms with Crippen molar-refractivity contribution >= 4 is 5.69 Å². The van der Waals surface area contributed by atoms with Crippen molar-refractivity contribution in [1.29, 1.82) is 0 Å². The van der Waals surface area contributed by atoms with Gasteiger partial charge in [0.1, 0.15) is 0 Å². The van der Waals surface area contributed by atoms with Crippen LogP contribution in [-0.2, 0) is 0 Å². The third kappa shape index (κ3) is 2.30. The molecule has 3 rings (SSSR count). The van der Waals surface area contributed by atoms with E-state index in [0.717, 1.165) is 5.69 Å². The second-order valence-electron chi connectivity index (χ2n) is 4.66. The van der Waals surface area contributed by atoms with Gasteiger partial charge in [-0.3, -0.25) is 5.32 Å². The number of hydrogen-bond donors (Lipinski definition) is 0. The van der Waals surface area contributed by atoms with Crippen molar-refractivity contribution in [2.75, 3.05) is 7.05 Å². The standard InChI is InChI=1S/C19H16N/c1-20-18-14-8-13-17(15-9-4-2-5-10-15)19(18)16-11-6-3-7-12-16/h2-14H,1H3. The molecule has 0 aliphatic heterocycles. The largest absolute Gasteiger partial charge is 0.288 e. The lowest BCUT2D eigenvalue weighted by atomic mass is 9.93. The second-order valence-corrected chi connectivity index (χ2v) is 4.66. The second kappa shape index (κ2) is 5.62. The highest BCUT2D eigenvalue weighted by molar-refractivity contribution is 5.90. The van der Waals surface area contributed by atoms with Crippen LogP contribution in [0.5, 0.6) is 0 Å². The molecule has 0 spiro atoms. The molecule has 3 aromatic carbocycles. The normalized spacial score (nSPS) is 10.2. The van der Waals surface area contributed by atoms with E-state index in [1.54, 1.807) is 0 Å². The van der Waals surface area contributed by atoms with Crippen LogP contribution >= 0.6 is 0 Å². The lowest BCUT2D eigenvalue weighted by Gasteiger charge is -2.14. The minimum atomic E-state index is 1.03. The summed E-state index contributed by atoms with van der Waals surface area (Å²) in [6.45, 7) is 0. The monoisotopic (exact) mass is 258 g/mol. The molecular formula is C19H16N. The Balaban J connectivity index is 2.26. The predicted molar refractivity (Wildman–Crippen MR) is 85.0 cm³/mol. The maximum atomic E-state index is 4.43. The van der Waals surface area contributed by atoms with Crippen LogP contribution in [0.4, 0.5) is 5.69 Å². The van der Waals surface area contributed by atoms with Gasteiger partial charge in [-0.1, -0.05) is 72.8 Å². The number of nitrogens with zero attached hydrogens (tertiary/aromatic N) is 1. The summed E-state index contributed by atoms with van der Waals surface area (Å²) in [6.07, 6.45) is 0. The van der Waals surface area contributed by atoms with Crippen LogP contribution in [0.2, 0.25) is 0 Å². The maximum absolute atomic E-state index is 4.43. The highest BCUT2D eigenvalue weighted by Crippen LogP contribution is 2.37. The molecule has 20 heavy (non-hydrogen) atoms. The van der Waals surface area contributed by atoms with Gasteiger partial charge in [0, 0.05) is 12.6 Å². The molecule has 0 saturated carbocycles. The Bertz CT molecular complexity index is 687. The van der Waals surface area contributed by atoms with Crippen LogP contribution in [0.25, 0.3) is 22.3 Å². The predicted octanol–water partition coefficient (Wildman–Crippen LogP) is 4.89. The van der Waals surface area contributed by atoms with E-state index >= 15 is 0 Å². The zero-order valence-corrected chi connectivity index (χ0v) is 11.5. The number of rotatable bonds is 3. The first kappa shape index (κ1) is 12.5. The fourth-order valence-electron chi connectivity index (χ4n) is 2.49. The minimum absolute atomic E-state index is 1.03. The summed E-state index contributed by atoms with van der Waals surface area (Å²) in [7, 11) is 1.84. The van der Waals surface area contributed by atoms with Crippen LogP contribution in [0.15, 0.2) is 78.9 Å². The Morgan fingerprint density at radius 3 is 1.80 bits per heavy atom. The SMILES string of the molecule is C[N]c1cccc(-c2ccccc2)c1-c1ccccc1. The molecular weight excluding hydrogens is 242 g/mol. The lowest BCUT2D eigenvalue weighted by Crippen LogP contribution is -1.93. The molecule has 0 aliphatic rings. The van der Waals surface area contributed by atoms with E-state index in [-0.39, 0.29) is 0 Å². The van der Waals surface area contributed by atoms with Gasteiger partial charge in [0.15, 0.2) is 0 Å². The molecule has 0 saturated heterocycles. The minimum Gasteiger partial charge on any atom is -0.288 e. The van der Waals surface area contributed by atoms with Crippen LogP contribution in [0.1, 0.15) is 0 Å². The van der Waals surface area contributed by atoms with Crippen molar-refractivity contribution in [3.63, 3.8) is 0 Å². The van der Waals surface area contributed by atoms with Gasteiger partial charge in [-0.15, -0.1) is 0 Å². The summed E-state index contributed by atoms with van der Waals surface area (Å²) in [5, 5.41) is 4.43. The molecule has 97 valence electrons. The number of benzene rings is 3. The summed E-state index contributed by atoms with van der Waals surface area (Å²) in [5.41, 5.74) is 5.86. The average Bonchev–Trinajstić information content (AvgIpc) is 2.55. The van der Waals surface area contributed by atoms with Gasteiger partial charge in [-0.05, 0) is 22.8 Å². The van der Waals surface area contributed by atoms with E-state index in [2.05, 4.69) is 72.0 Å². The number of hydrogen-bond acceptors (Lipinski definition) is 0. The highest BCUT2D eigenvalue weighted by atomic mass is 14.8. The maximum Gasteiger partial charge on any atom is 0.0655 e. The summed E-state index contributed by atoms with van der Waals surface area (Å²) in [6, 6.07) is 27.2. The van der Waals surface area contributed by atoms with E-state index in [0.29, 0.717) is 0 Å². The van der Waals surface area contributed by atoms with Gasteiger partial charge in [0.05, 0.1) is 5.69 Å². The molecule has 0 heterocycles. The van der Waals surface area contributed by atoms with Crippen molar-refractivity contribution < 1.29 is 0 Å². The Morgan fingerprint density at radius 1 is 0.600 bits per heavy atom. The molecule has 1 nitrogen and oxygen atoms in total. The van der Waals surface area contributed by atoms with Crippen LogP contribution in [0, 0.1) is 0 Å². The van der Waals surface area contributed by atoms with E-state index in [9.17, 15) is 0 Å². The topological polar surface area (TPSA) is 14.1 Å². The molecule has 0 amide bonds. The van der Waals surface area contributed by atoms with E-state index in [4.69, 9.17) is 0 Å². The smallest absolute Gasteiger partial charge is 0.0655 e.